The van der Waals surface area contributed by atoms with Crippen LogP contribution in [0.3, 0.4) is 0 Å². The smallest absolute Gasteiger partial charge is 0.345 e. The number of imidazole rings is 1. The first-order valence-corrected chi connectivity index (χ1v) is 10.9. The number of β-lactam (4-membered cyclic amide) rings is 1. The normalized spacial score (nSPS) is 21.0. The van der Waals surface area contributed by atoms with E-state index >= 15 is 0 Å². The van der Waals surface area contributed by atoms with E-state index in [2.05, 4.69) is 15.1 Å². The Bertz CT molecular complexity index is 1390. The maximum atomic E-state index is 13.1. The molecule has 2 aliphatic rings. The number of aromatic amines is 1. The number of hydrogen-bond acceptors (Lipinski definition) is 3. The van der Waals surface area contributed by atoms with Gasteiger partial charge in [-0.05, 0) is 54.2 Å². The number of benzene rings is 2. The van der Waals surface area contributed by atoms with Crippen LogP contribution in [0.1, 0.15) is 24.4 Å². The highest BCUT2D eigenvalue weighted by atomic mass is 35.5. The molecular weight excluding hydrogens is 455 g/mol. The SMILES string of the molecule is O=C1[C@H](C2CC2)[C@H](c2ccc(-c3cnn(C(F)(F)F)c3)cc2Cl)N1c1ccc2[nH]cnc2c1. The largest absolute Gasteiger partial charge is 0.504 e. The molecule has 2 fully saturated rings. The molecule has 3 heterocycles. The number of halogens is 4. The van der Waals surface area contributed by atoms with Gasteiger partial charge in [0.1, 0.15) is 0 Å². The van der Waals surface area contributed by atoms with Gasteiger partial charge in [-0.15, -0.1) is 13.2 Å². The quantitative estimate of drug-likeness (QED) is 0.390. The molecule has 0 spiro atoms. The van der Waals surface area contributed by atoms with Crippen LogP contribution in [0.5, 0.6) is 0 Å². The monoisotopic (exact) mass is 471 g/mol. The summed E-state index contributed by atoms with van der Waals surface area (Å²) in [5.41, 5.74) is 4.00. The van der Waals surface area contributed by atoms with Crippen molar-refractivity contribution in [3.63, 3.8) is 0 Å². The molecule has 1 saturated carbocycles. The maximum absolute atomic E-state index is 13.1. The first kappa shape index (κ1) is 20.3. The Morgan fingerprint density at radius 2 is 1.91 bits per heavy atom. The van der Waals surface area contributed by atoms with Gasteiger partial charge in [0.25, 0.3) is 0 Å². The van der Waals surface area contributed by atoms with Gasteiger partial charge in [0.05, 0.1) is 35.5 Å². The van der Waals surface area contributed by atoms with Gasteiger partial charge in [-0.1, -0.05) is 23.7 Å². The third kappa shape index (κ3) is 3.30. The summed E-state index contributed by atoms with van der Waals surface area (Å²) in [5, 5.41) is 3.80. The van der Waals surface area contributed by atoms with Crippen LogP contribution in [0.25, 0.3) is 22.2 Å². The van der Waals surface area contributed by atoms with Crippen LogP contribution in [0.4, 0.5) is 18.9 Å². The van der Waals surface area contributed by atoms with Gasteiger partial charge in [0, 0.05) is 22.5 Å². The fourth-order valence-corrected chi connectivity index (χ4v) is 4.97. The van der Waals surface area contributed by atoms with E-state index in [1.165, 1.54) is 0 Å². The second-order valence-corrected chi connectivity index (χ2v) is 8.91. The van der Waals surface area contributed by atoms with Crippen molar-refractivity contribution >= 4 is 34.2 Å². The van der Waals surface area contributed by atoms with E-state index < -0.39 is 6.30 Å². The van der Waals surface area contributed by atoms with Crippen molar-refractivity contribution in [3.8, 4) is 11.1 Å². The Morgan fingerprint density at radius 3 is 2.61 bits per heavy atom. The minimum atomic E-state index is -4.58. The van der Waals surface area contributed by atoms with E-state index in [1.54, 1.807) is 29.4 Å². The fraction of sp³-hybridized carbons (Fsp3) is 0.261. The second-order valence-electron chi connectivity index (χ2n) is 8.50. The van der Waals surface area contributed by atoms with E-state index in [0.29, 0.717) is 22.1 Å². The maximum Gasteiger partial charge on any atom is 0.504 e. The molecule has 4 aromatic rings. The van der Waals surface area contributed by atoms with Crippen LogP contribution < -0.4 is 4.90 Å². The number of aromatic nitrogens is 4. The Morgan fingerprint density at radius 1 is 1.09 bits per heavy atom. The number of rotatable bonds is 4. The summed E-state index contributed by atoms with van der Waals surface area (Å²) in [5.74, 6) is 0.230. The van der Waals surface area contributed by atoms with E-state index in [9.17, 15) is 18.0 Å². The van der Waals surface area contributed by atoms with Crippen LogP contribution >= 0.6 is 11.6 Å². The zero-order chi connectivity index (χ0) is 22.9. The molecule has 1 aliphatic heterocycles. The van der Waals surface area contributed by atoms with Crippen LogP contribution in [-0.2, 0) is 11.1 Å². The number of carbonyl (C=O) groups is 1. The molecule has 10 heteroatoms. The molecule has 168 valence electrons. The predicted octanol–water partition coefficient (Wildman–Crippen LogP) is 5.67. The van der Waals surface area contributed by atoms with Gasteiger partial charge in [-0.25, -0.2) is 4.98 Å². The molecular formula is C23H17ClF3N5O. The highest BCUT2D eigenvalue weighted by Gasteiger charge is 2.55. The van der Waals surface area contributed by atoms with E-state index in [1.807, 2.05) is 18.2 Å². The van der Waals surface area contributed by atoms with Crippen molar-refractivity contribution in [3.05, 3.63) is 65.7 Å². The Labute approximate surface area is 191 Å². The van der Waals surface area contributed by atoms with Crippen LogP contribution in [0.15, 0.2) is 55.1 Å². The highest BCUT2D eigenvalue weighted by molar-refractivity contribution is 6.32. The number of fused-ring (bicyclic) bond motifs is 1. The summed E-state index contributed by atoms with van der Waals surface area (Å²) >= 11 is 6.65. The number of alkyl halides is 3. The van der Waals surface area contributed by atoms with Crippen molar-refractivity contribution in [2.24, 2.45) is 11.8 Å². The summed E-state index contributed by atoms with van der Waals surface area (Å²) in [6.07, 6.45) is 1.12. The number of nitrogens with zero attached hydrogens (tertiary/aromatic N) is 4. The number of hydrogen-bond donors (Lipinski definition) is 1. The summed E-state index contributed by atoms with van der Waals surface area (Å²) in [7, 11) is 0. The second kappa shape index (κ2) is 7.08. The van der Waals surface area contributed by atoms with Gasteiger partial charge >= 0.3 is 6.30 Å². The Kier molecular flexibility index (Phi) is 4.35. The molecule has 6 nitrogen and oxygen atoms in total. The molecule has 33 heavy (non-hydrogen) atoms. The molecule has 0 unspecified atom stereocenters. The molecule has 1 amide bonds. The highest BCUT2D eigenvalue weighted by Crippen LogP contribution is 2.55. The number of amides is 1. The summed E-state index contributed by atoms with van der Waals surface area (Å²) in [6.45, 7) is 0. The third-order valence-electron chi connectivity index (χ3n) is 6.45. The molecule has 1 saturated heterocycles. The average molecular weight is 472 g/mol. The topological polar surface area (TPSA) is 66.8 Å². The van der Waals surface area contributed by atoms with Crippen LogP contribution in [0, 0.1) is 11.8 Å². The van der Waals surface area contributed by atoms with Crippen molar-refractivity contribution in [2.75, 3.05) is 4.90 Å². The van der Waals surface area contributed by atoms with Crippen molar-refractivity contribution in [1.29, 1.82) is 0 Å². The van der Waals surface area contributed by atoms with E-state index in [-0.39, 0.29) is 22.5 Å². The first-order valence-electron chi connectivity index (χ1n) is 10.5. The standard InChI is InChI=1S/C23H17ClF3N5O/c24-17-7-13(14-9-30-31(10-14)23(25,26)27)3-5-16(17)21-20(12-1-2-12)22(33)32(21)15-4-6-18-19(8-15)29-11-28-18/h3-12,20-21H,1-2H2,(H,28,29)/t20-,21+/m1/s1. The lowest BCUT2D eigenvalue weighted by Crippen LogP contribution is -2.56. The molecule has 2 atom stereocenters. The number of anilines is 1. The van der Waals surface area contributed by atoms with Crippen molar-refractivity contribution < 1.29 is 18.0 Å². The number of carbonyl (C=O) groups excluding carboxylic acids is 1. The van der Waals surface area contributed by atoms with Gasteiger partial charge < -0.3 is 9.88 Å². The molecule has 0 radical (unpaired) electrons. The zero-order valence-corrected chi connectivity index (χ0v) is 17.8. The lowest BCUT2D eigenvalue weighted by molar-refractivity contribution is -0.212. The Balaban J connectivity index is 1.37. The summed E-state index contributed by atoms with van der Waals surface area (Å²) in [4.78, 5) is 22.2. The summed E-state index contributed by atoms with van der Waals surface area (Å²) < 4.78 is 38.6. The summed E-state index contributed by atoms with van der Waals surface area (Å²) in [6, 6.07) is 10.6. The van der Waals surface area contributed by atoms with Crippen LogP contribution in [0.2, 0.25) is 5.02 Å². The molecule has 2 aromatic carbocycles. The lowest BCUT2D eigenvalue weighted by atomic mass is 9.78. The fourth-order valence-electron chi connectivity index (χ4n) is 4.67. The third-order valence-corrected chi connectivity index (χ3v) is 6.78. The first-order chi connectivity index (χ1) is 15.8. The molecule has 1 N–H and O–H groups in total. The Hall–Kier alpha value is -3.33. The van der Waals surface area contributed by atoms with Gasteiger partial charge in [-0.2, -0.15) is 9.78 Å². The van der Waals surface area contributed by atoms with E-state index in [0.717, 1.165) is 47.5 Å². The van der Waals surface area contributed by atoms with Gasteiger partial charge in [0.15, 0.2) is 0 Å². The minimum absolute atomic E-state index is 0.0369. The average Bonchev–Trinajstić information content (AvgIpc) is 3.25. The zero-order valence-electron chi connectivity index (χ0n) is 17.1. The molecule has 2 aromatic heterocycles. The minimum Gasteiger partial charge on any atom is -0.345 e. The molecule has 6 rings (SSSR count). The van der Waals surface area contributed by atoms with E-state index in [4.69, 9.17) is 11.6 Å². The van der Waals surface area contributed by atoms with Gasteiger partial charge in [-0.3, -0.25) is 4.79 Å². The number of nitrogens with one attached hydrogen (secondary N) is 1. The van der Waals surface area contributed by atoms with Gasteiger partial charge in [0.2, 0.25) is 5.91 Å². The number of H-pyrrole nitrogens is 1. The van der Waals surface area contributed by atoms with Crippen LogP contribution in [-0.4, -0.2) is 25.7 Å². The van der Waals surface area contributed by atoms with Crippen molar-refractivity contribution in [2.45, 2.75) is 25.2 Å². The lowest BCUT2D eigenvalue weighted by Gasteiger charge is -2.48. The molecule has 1 aliphatic carbocycles. The predicted molar refractivity (Wildman–Crippen MR) is 117 cm³/mol. The molecule has 0 bridgehead atoms. The van der Waals surface area contributed by atoms with Crippen molar-refractivity contribution in [1.82, 2.24) is 19.7 Å².